The number of halogens is 3. The van der Waals surface area contributed by atoms with Crippen molar-refractivity contribution in [2.24, 2.45) is 0 Å². The molecular weight excluding hydrogens is 295 g/mol. The van der Waals surface area contributed by atoms with Crippen LogP contribution in [0.1, 0.15) is 32.6 Å². The van der Waals surface area contributed by atoms with Crippen molar-refractivity contribution >= 4 is 12.4 Å². The molecule has 108 valence electrons. The van der Waals surface area contributed by atoms with Crippen molar-refractivity contribution in [2.45, 2.75) is 32.6 Å². The molecule has 0 saturated heterocycles. The first-order valence-corrected chi connectivity index (χ1v) is 6.49. The minimum absolute atomic E-state index is 0. The molecule has 0 atom stereocenters. The Balaban J connectivity index is 0.00000361. The molecule has 0 saturated carbocycles. The summed E-state index contributed by atoms with van der Waals surface area (Å²) in [6.45, 7) is -2.71. The number of ether oxygens (including phenoxy) is 2. The Morgan fingerprint density at radius 2 is 1.80 bits per heavy atom. The fourth-order valence-electron chi connectivity index (χ4n) is 1.75. The smallest absolute Gasteiger partial charge is 0.497 e. The van der Waals surface area contributed by atoms with Gasteiger partial charge in [0.1, 0.15) is 5.75 Å². The van der Waals surface area contributed by atoms with Crippen LogP contribution in [0.2, 0.25) is 0 Å². The maximum Gasteiger partial charge on any atom is 1.00 e. The summed E-state index contributed by atoms with van der Waals surface area (Å²) in [7, 11) is 1.34. The molecule has 1 rings (SSSR count). The topological polar surface area (TPSA) is 18.5 Å². The molecule has 0 aliphatic heterocycles. The summed E-state index contributed by atoms with van der Waals surface area (Å²) < 4.78 is 48.8. The Bertz CT molecular complexity index is 400. The van der Waals surface area contributed by atoms with Gasteiger partial charge in [-0.2, -0.15) is 0 Å². The van der Waals surface area contributed by atoms with Crippen molar-refractivity contribution in [3.63, 3.8) is 0 Å². The van der Waals surface area contributed by atoms with Crippen molar-refractivity contribution in [2.75, 3.05) is 13.7 Å². The van der Waals surface area contributed by atoms with Crippen LogP contribution in [0.15, 0.2) is 18.2 Å². The van der Waals surface area contributed by atoms with Crippen LogP contribution < -0.4 is 66.3 Å². The van der Waals surface area contributed by atoms with Crippen molar-refractivity contribution in [1.29, 1.82) is 0 Å². The normalized spacial score (nSPS) is 10.8. The average molecular weight is 314 g/mol. The number of hydrogen-bond acceptors (Lipinski definition) is 2. The van der Waals surface area contributed by atoms with E-state index in [1.54, 1.807) is 0 Å². The summed E-state index contributed by atoms with van der Waals surface area (Å²) in [5.74, 6) is 0.0809. The van der Waals surface area contributed by atoms with Crippen LogP contribution in [0, 0.1) is 0 Å². The fourth-order valence-corrected chi connectivity index (χ4v) is 1.75. The van der Waals surface area contributed by atoms with E-state index in [0.717, 1.165) is 31.7 Å². The maximum absolute atomic E-state index is 12.9. The van der Waals surface area contributed by atoms with Gasteiger partial charge in [0, 0.05) is 0 Å². The van der Waals surface area contributed by atoms with Crippen LogP contribution in [0.3, 0.4) is 0 Å². The third-order valence-corrected chi connectivity index (χ3v) is 2.83. The standard InChI is InChI=1S/C13H19BF3O2.K/c1-3-4-5-6-9-19-13-8-7-11(18-2)10-12(13)14(15,16)17;/h7-8,10H,3-6,9H2,1-2H3;/q-1;+1. The van der Waals surface area contributed by atoms with Crippen LogP contribution in [0.25, 0.3) is 0 Å². The van der Waals surface area contributed by atoms with Gasteiger partial charge in [0.05, 0.1) is 19.5 Å². The van der Waals surface area contributed by atoms with E-state index in [1.165, 1.54) is 19.2 Å². The first kappa shape index (κ1) is 20.3. The van der Waals surface area contributed by atoms with E-state index in [4.69, 9.17) is 9.47 Å². The zero-order chi connectivity index (χ0) is 14.3. The first-order valence-electron chi connectivity index (χ1n) is 6.49. The summed E-state index contributed by atoms with van der Waals surface area (Å²) >= 11 is 0. The number of methoxy groups -OCH3 is 1. The van der Waals surface area contributed by atoms with E-state index in [9.17, 15) is 12.9 Å². The van der Waals surface area contributed by atoms with Crippen LogP contribution in [-0.2, 0) is 0 Å². The second-order valence-corrected chi connectivity index (χ2v) is 4.39. The summed E-state index contributed by atoms with van der Waals surface area (Å²) in [6, 6.07) is 3.79. The van der Waals surface area contributed by atoms with Crippen molar-refractivity contribution < 1.29 is 73.8 Å². The number of rotatable bonds is 8. The van der Waals surface area contributed by atoms with Gasteiger partial charge in [-0.25, -0.2) is 0 Å². The second kappa shape index (κ2) is 10.1. The molecule has 2 nitrogen and oxygen atoms in total. The molecule has 0 spiro atoms. The number of unbranched alkanes of at least 4 members (excludes halogenated alkanes) is 3. The van der Waals surface area contributed by atoms with Crippen molar-refractivity contribution in [3.05, 3.63) is 18.2 Å². The molecule has 0 unspecified atom stereocenters. The fraction of sp³-hybridized carbons (Fsp3) is 0.538. The molecule has 0 aliphatic rings. The molecule has 0 heterocycles. The molecule has 0 N–H and O–H groups in total. The molecule has 0 aromatic heterocycles. The van der Waals surface area contributed by atoms with Crippen LogP contribution in [-0.4, -0.2) is 20.7 Å². The Labute approximate surface area is 160 Å². The van der Waals surface area contributed by atoms with Gasteiger partial charge >= 0.3 is 58.4 Å². The van der Waals surface area contributed by atoms with E-state index in [2.05, 4.69) is 6.92 Å². The minimum atomic E-state index is -5.10. The van der Waals surface area contributed by atoms with Gasteiger partial charge in [-0.15, -0.1) is 0 Å². The van der Waals surface area contributed by atoms with Gasteiger partial charge < -0.3 is 22.4 Å². The largest absolute Gasteiger partial charge is 1.00 e. The summed E-state index contributed by atoms with van der Waals surface area (Å²) in [6.07, 6.45) is 3.89. The predicted molar refractivity (Wildman–Crippen MR) is 71.3 cm³/mol. The van der Waals surface area contributed by atoms with Gasteiger partial charge in [0.15, 0.2) is 0 Å². The second-order valence-electron chi connectivity index (χ2n) is 4.39. The first-order chi connectivity index (χ1) is 8.99. The SMILES string of the molecule is CCCCCCOc1ccc(OC)cc1[B-](F)(F)F.[K+]. The molecule has 20 heavy (non-hydrogen) atoms. The Kier molecular flexibility index (Phi) is 10.3. The zero-order valence-corrected chi connectivity index (χ0v) is 15.4. The summed E-state index contributed by atoms with van der Waals surface area (Å²) in [4.78, 5) is 0. The van der Waals surface area contributed by atoms with E-state index >= 15 is 0 Å². The summed E-state index contributed by atoms with van der Waals surface area (Å²) in [5, 5.41) is 0. The Morgan fingerprint density at radius 1 is 1.10 bits per heavy atom. The van der Waals surface area contributed by atoms with Crippen LogP contribution in [0.4, 0.5) is 12.9 Å². The van der Waals surface area contributed by atoms with Crippen LogP contribution in [0.5, 0.6) is 11.5 Å². The van der Waals surface area contributed by atoms with Gasteiger partial charge in [0.25, 0.3) is 0 Å². The maximum atomic E-state index is 12.9. The molecule has 1 aromatic rings. The predicted octanol–water partition coefficient (Wildman–Crippen LogP) is 0.713. The molecule has 0 amide bonds. The third kappa shape index (κ3) is 6.85. The quantitative estimate of drug-likeness (QED) is 0.520. The zero-order valence-electron chi connectivity index (χ0n) is 12.3. The Hall–Kier alpha value is 0.311. The molecule has 1 aromatic carbocycles. The van der Waals surface area contributed by atoms with E-state index < -0.39 is 12.4 Å². The molecular formula is C13H19BF3KO2. The van der Waals surface area contributed by atoms with Crippen molar-refractivity contribution in [1.82, 2.24) is 0 Å². The van der Waals surface area contributed by atoms with Gasteiger partial charge in [-0.05, 0) is 24.6 Å². The van der Waals surface area contributed by atoms with Crippen molar-refractivity contribution in [3.8, 4) is 11.5 Å². The molecule has 0 bridgehead atoms. The molecule has 7 heteroatoms. The number of hydrogen-bond donors (Lipinski definition) is 0. The Morgan fingerprint density at radius 3 is 2.35 bits per heavy atom. The van der Waals surface area contributed by atoms with Gasteiger partial charge in [0.2, 0.25) is 0 Å². The monoisotopic (exact) mass is 314 g/mol. The minimum Gasteiger partial charge on any atom is -0.497 e. The summed E-state index contributed by atoms with van der Waals surface area (Å²) in [5.41, 5.74) is -0.727. The third-order valence-electron chi connectivity index (χ3n) is 2.83. The van der Waals surface area contributed by atoms with E-state index in [0.29, 0.717) is 6.61 Å². The van der Waals surface area contributed by atoms with E-state index in [1.807, 2.05) is 0 Å². The van der Waals surface area contributed by atoms with Gasteiger partial charge in [-0.3, -0.25) is 0 Å². The molecule has 0 radical (unpaired) electrons. The number of benzene rings is 1. The molecule has 0 aliphatic carbocycles. The molecule has 0 fully saturated rings. The average Bonchev–Trinajstić information content (AvgIpc) is 2.37. The van der Waals surface area contributed by atoms with E-state index in [-0.39, 0.29) is 62.9 Å². The van der Waals surface area contributed by atoms with Crippen LogP contribution >= 0.6 is 0 Å². The van der Waals surface area contributed by atoms with Gasteiger partial charge in [-0.1, -0.05) is 31.6 Å².